The summed E-state index contributed by atoms with van der Waals surface area (Å²) in [7, 11) is 0. The summed E-state index contributed by atoms with van der Waals surface area (Å²) in [4.78, 5) is 34.3. The van der Waals surface area contributed by atoms with Crippen LogP contribution < -0.4 is 5.73 Å². The van der Waals surface area contributed by atoms with Crippen LogP contribution in [0, 0.1) is 11.8 Å². The molecule has 0 radical (unpaired) electrons. The fourth-order valence-corrected chi connectivity index (χ4v) is 2.06. The number of ether oxygens (including phenoxy) is 2. The van der Waals surface area contributed by atoms with Crippen molar-refractivity contribution >= 4 is 17.9 Å². The van der Waals surface area contributed by atoms with Crippen LogP contribution in [0.15, 0.2) is 0 Å². The molecule has 0 aliphatic carbocycles. The molecule has 2 atom stereocenters. The third-order valence-electron chi connectivity index (χ3n) is 2.99. The van der Waals surface area contributed by atoms with Gasteiger partial charge in [0.1, 0.15) is 6.04 Å². The van der Waals surface area contributed by atoms with E-state index in [1.807, 2.05) is 13.8 Å². The standard InChI is InChI=1S/C15H27NO6/c1-6-12(19)21-15(4,5)22-14(20)13(16)10(7-9(2)3)8-11(17)18/h9-10,13H,6-8,16H2,1-5H3,(H,17,18). The first-order chi connectivity index (χ1) is 9.98. The van der Waals surface area contributed by atoms with Gasteiger partial charge in [-0.2, -0.15) is 0 Å². The first kappa shape index (κ1) is 20.4. The van der Waals surface area contributed by atoms with Gasteiger partial charge in [0.25, 0.3) is 5.79 Å². The molecule has 0 spiro atoms. The number of carboxylic acids is 1. The Kier molecular flexibility index (Phi) is 8.08. The van der Waals surface area contributed by atoms with E-state index in [4.69, 9.17) is 20.3 Å². The molecule has 0 aromatic rings. The van der Waals surface area contributed by atoms with Crippen LogP contribution in [0.4, 0.5) is 0 Å². The fourth-order valence-electron chi connectivity index (χ4n) is 2.06. The van der Waals surface area contributed by atoms with Crippen LogP contribution in [0.25, 0.3) is 0 Å². The first-order valence-electron chi connectivity index (χ1n) is 7.40. The van der Waals surface area contributed by atoms with Gasteiger partial charge < -0.3 is 20.3 Å². The third-order valence-corrected chi connectivity index (χ3v) is 2.99. The van der Waals surface area contributed by atoms with Gasteiger partial charge in [-0.05, 0) is 18.3 Å². The van der Waals surface area contributed by atoms with Crippen LogP contribution >= 0.6 is 0 Å². The van der Waals surface area contributed by atoms with E-state index in [1.165, 1.54) is 13.8 Å². The van der Waals surface area contributed by atoms with Crippen LogP contribution in [0.1, 0.15) is 53.9 Å². The van der Waals surface area contributed by atoms with Crippen LogP contribution in [0.5, 0.6) is 0 Å². The Balaban J connectivity index is 4.84. The summed E-state index contributed by atoms with van der Waals surface area (Å²) in [5, 5.41) is 8.93. The molecule has 0 heterocycles. The number of carbonyl (C=O) groups is 3. The van der Waals surface area contributed by atoms with Gasteiger partial charge >= 0.3 is 17.9 Å². The SMILES string of the molecule is CCC(=O)OC(C)(C)OC(=O)C(N)C(CC(=O)O)CC(C)C. The minimum Gasteiger partial charge on any atom is -0.481 e. The zero-order valence-electron chi connectivity index (χ0n) is 13.9. The van der Waals surface area contributed by atoms with Crippen molar-refractivity contribution in [2.24, 2.45) is 17.6 Å². The van der Waals surface area contributed by atoms with Crippen LogP contribution in [-0.4, -0.2) is 34.8 Å². The van der Waals surface area contributed by atoms with E-state index >= 15 is 0 Å². The molecule has 3 N–H and O–H groups in total. The summed E-state index contributed by atoms with van der Waals surface area (Å²) in [6.07, 6.45) is 0.420. The summed E-state index contributed by atoms with van der Waals surface area (Å²) in [5.41, 5.74) is 5.85. The Morgan fingerprint density at radius 2 is 1.73 bits per heavy atom. The second-order valence-electron chi connectivity index (χ2n) is 6.16. The number of aliphatic carboxylic acids is 1. The smallest absolute Gasteiger partial charge is 0.326 e. The van der Waals surface area contributed by atoms with E-state index in [2.05, 4.69) is 0 Å². The second kappa shape index (κ2) is 8.73. The molecule has 0 bridgehead atoms. The molecule has 0 saturated heterocycles. The number of rotatable bonds is 9. The summed E-state index contributed by atoms with van der Waals surface area (Å²) < 4.78 is 10.1. The van der Waals surface area contributed by atoms with Gasteiger partial charge in [0.2, 0.25) is 0 Å². The van der Waals surface area contributed by atoms with Crippen molar-refractivity contribution in [3.8, 4) is 0 Å². The second-order valence-corrected chi connectivity index (χ2v) is 6.16. The fraction of sp³-hybridized carbons (Fsp3) is 0.800. The molecule has 0 aromatic carbocycles. The summed E-state index contributed by atoms with van der Waals surface area (Å²) in [6, 6.07) is -1.09. The number of carboxylic acid groups (broad SMARTS) is 1. The van der Waals surface area contributed by atoms with Gasteiger partial charge in [0.15, 0.2) is 0 Å². The molecular formula is C15H27NO6. The normalized spacial score (nSPS) is 14.3. The Morgan fingerprint density at radius 1 is 1.18 bits per heavy atom. The van der Waals surface area contributed by atoms with E-state index in [0.717, 1.165) is 0 Å². The minimum absolute atomic E-state index is 0.155. The highest BCUT2D eigenvalue weighted by atomic mass is 16.7. The molecule has 0 aliphatic heterocycles. The topological polar surface area (TPSA) is 116 Å². The Morgan fingerprint density at radius 3 is 2.14 bits per heavy atom. The zero-order valence-corrected chi connectivity index (χ0v) is 13.9. The molecule has 0 amide bonds. The zero-order chi connectivity index (χ0) is 17.5. The molecular weight excluding hydrogens is 290 g/mol. The number of nitrogens with two attached hydrogens (primary N) is 1. The van der Waals surface area contributed by atoms with Crippen molar-refractivity contribution in [1.29, 1.82) is 0 Å². The number of hydrogen-bond acceptors (Lipinski definition) is 6. The molecule has 7 nitrogen and oxygen atoms in total. The van der Waals surface area contributed by atoms with E-state index < -0.39 is 35.7 Å². The maximum Gasteiger partial charge on any atom is 0.326 e. The Labute approximate surface area is 131 Å². The highest BCUT2D eigenvalue weighted by molar-refractivity contribution is 5.78. The lowest BCUT2D eigenvalue weighted by molar-refractivity contribution is -0.217. The van der Waals surface area contributed by atoms with Gasteiger partial charge in [-0.25, -0.2) is 0 Å². The van der Waals surface area contributed by atoms with Crippen LogP contribution in [0.2, 0.25) is 0 Å². The van der Waals surface area contributed by atoms with Gasteiger partial charge in [0.05, 0.1) is 6.42 Å². The molecule has 7 heteroatoms. The number of carbonyl (C=O) groups excluding carboxylic acids is 2. The van der Waals surface area contributed by atoms with Gasteiger partial charge in [-0.3, -0.25) is 14.4 Å². The van der Waals surface area contributed by atoms with Crippen molar-refractivity contribution in [3.05, 3.63) is 0 Å². The van der Waals surface area contributed by atoms with Crippen molar-refractivity contribution in [2.45, 2.75) is 65.7 Å². The van der Waals surface area contributed by atoms with Crippen molar-refractivity contribution < 1.29 is 29.0 Å². The average molecular weight is 317 g/mol. The maximum absolute atomic E-state index is 12.1. The summed E-state index contributed by atoms with van der Waals surface area (Å²) in [5.74, 6) is -4.09. The van der Waals surface area contributed by atoms with E-state index in [1.54, 1.807) is 6.92 Å². The van der Waals surface area contributed by atoms with Gasteiger partial charge in [-0.1, -0.05) is 20.8 Å². The van der Waals surface area contributed by atoms with Crippen molar-refractivity contribution in [1.82, 2.24) is 0 Å². The van der Waals surface area contributed by atoms with E-state index in [9.17, 15) is 14.4 Å². The van der Waals surface area contributed by atoms with Crippen LogP contribution in [-0.2, 0) is 23.9 Å². The van der Waals surface area contributed by atoms with Crippen molar-refractivity contribution in [3.63, 3.8) is 0 Å². The van der Waals surface area contributed by atoms with Gasteiger partial charge in [0, 0.05) is 20.3 Å². The molecule has 0 rings (SSSR count). The Bertz CT molecular complexity index is 405. The van der Waals surface area contributed by atoms with Crippen LogP contribution in [0.3, 0.4) is 0 Å². The molecule has 2 unspecified atom stereocenters. The largest absolute Gasteiger partial charge is 0.481 e. The highest BCUT2D eigenvalue weighted by Crippen LogP contribution is 2.21. The van der Waals surface area contributed by atoms with Crippen molar-refractivity contribution in [2.75, 3.05) is 0 Å². The summed E-state index contributed by atoms with van der Waals surface area (Å²) >= 11 is 0. The van der Waals surface area contributed by atoms with E-state index in [0.29, 0.717) is 6.42 Å². The summed E-state index contributed by atoms with van der Waals surface area (Å²) in [6.45, 7) is 8.32. The highest BCUT2D eigenvalue weighted by Gasteiger charge is 2.34. The van der Waals surface area contributed by atoms with E-state index in [-0.39, 0.29) is 18.8 Å². The number of esters is 2. The quantitative estimate of drug-likeness (QED) is 0.491. The molecule has 0 aromatic heterocycles. The predicted octanol–water partition coefficient (Wildman–Crippen LogP) is 1.68. The monoisotopic (exact) mass is 317 g/mol. The third kappa shape index (κ3) is 7.97. The molecule has 22 heavy (non-hydrogen) atoms. The minimum atomic E-state index is -1.44. The maximum atomic E-state index is 12.1. The molecule has 0 aliphatic rings. The van der Waals surface area contributed by atoms with Gasteiger partial charge in [-0.15, -0.1) is 0 Å². The lowest BCUT2D eigenvalue weighted by Crippen LogP contribution is -2.45. The Hall–Kier alpha value is -1.63. The lowest BCUT2D eigenvalue weighted by atomic mass is 9.88. The predicted molar refractivity (Wildman–Crippen MR) is 79.7 cm³/mol. The number of hydrogen-bond donors (Lipinski definition) is 2. The average Bonchev–Trinajstić information content (AvgIpc) is 2.34. The first-order valence-corrected chi connectivity index (χ1v) is 7.40. The molecule has 0 saturated carbocycles. The molecule has 0 fully saturated rings. The molecule has 128 valence electrons. The lowest BCUT2D eigenvalue weighted by Gasteiger charge is -2.29.